The molecule has 4 amide bonds. The van der Waals surface area contributed by atoms with Crippen LogP contribution in [0.2, 0.25) is 0 Å². The number of aromatic nitrogens is 2. The molecule has 0 N–H and O–H groups in total. The Bertz CT molecular complexity index is 835. The molecule has 0 bridgehead atoms. The highest BCUT2D eigenvalue weighted by molar-refractivity contribution is 6.19. The van der Waals surface area contributed by atoms with E-state index in [1.807, 2.05) is 0 Å². The van der Waals surface area contributed by atoms with Crippen molar-refractivity contribution in [2.75, 3.05) is 9.80 Å². The fraction of sp³-hybridized carbons (Fsp3) is 0.429. The van der Waals surface area contributed by atoms with Crippen molar-refractivity contribution >= 4 is 35.1 Å². The van der Waals surface area contributed by atoms with Gasteiger partial charge in [0.2, 0.25) is 23.6 Å². The number of carbonyl (C=O) groups excluding carboxylic acids is 4. The molecule has 0 atom stereocenters. The molecule has 0 unspecified atom stereocenters. The zero-order valence-corrected chi connectivity index (χ0v) is 14.2. The monoisotopic (exact) mass is 338 g/mol. The van der Waals surface area contributed by atoms with Crippen LogP contribution in [-0.4, -0.2) is 32.8 Å². The molecule has 1 heterocycles. The highest BCUT2D eigenvalue weighted by Gasteiger charge is 2.32. The minimum absolute atomic E-state index is 0.437. The smallest absolute Gasteiger partial charge is 0.280 e. The molecule has 0 saturated heterocycles. The van der Waals surface area contributed by atoms with Gasteiger partial charge in [-0.05, 0) is 0 Å². The molecule has 1 rings (SSSR count). The summed E-state index contributed by atoms with van der Waals surface area (Å²) in [6.45, 7) is 4.20. The summed E-state index contributed by atoms with van der Waals surface area (Å²) in [5.74, 6) is -3.59. The van der Waals surface area contributed by atoms with E-state index in [-0.39, 0.29) is 0 Å². The lowest BCUT2D eigenvalue weighted by atomic mass is 10.3. The Morgan fingerprint density at radius 3 is 1.42 bits per heavy atom. The van der Waals surface area contributed by atoms with Gasteiger partial charge in [0.1, 0.15) is 0 Å². The van der Waals surface area contributed by atoms with Gasteiger partial charge in [0.05, 0.1) is 0 Å². The first-order valence-electron chi connectivity index (χ1n) is 6.86. The lowest BCUT2D eigenvalue weighted by Gasteiger charge is -2.27. The van der Waals surface area contributed by atoms with Crippen molar-refractivity contribution in [3.05, 3.63) is 20.8 Å². The molecule has 1 aromatic heterocycles. The second-order valence-electron chi connectivity index (χ2n) is 5.12. The van der Waals surface area contributed by atoms with Gasteiger partial charge < -0.3 is 0 Å². The number of anilines is 2. The van der Waals surface area contributed by atoms with E-state index in [1.165, 1.54) is 7.05 Å². The highest BCUT2D eigenvalue weighted by atomic mass is 16.2. The molecule has 0 aliphatic carbocycles. The number of nitrogens with zero attached hydrogens (tertiary/aromatic N) is 4. The minimum Gasteiger partial charge on any atom is -0.280 e. The van der Waals surface area contributed by atoms with Crippen molar-refractivity contribution in [3.63, 3.8) is 0 Å². The van der Waals surface area contributed by atoms with Crippen LogP contribution in [0.4, 0.5) is 11.5 Å². The quantitative estimate of drug-likeness (QED) is 0.674. The van der Waals surface area contributed by atoms with Gasteiger partial charge >= 0.3 is 5.69 Å². The molecule has 0 aliphatic heterocycles. The van der Waals surface area contributed by atoms with Crippen molar-refractivity contribution in [1.82, 2.24) is 9.13 Å². The first-order chi connectivity index (χ1) is 10.9. The fourth-order valence-corrected chi connectivity index (χ4v) is 2.32. The van der Waals surface area contributed by atoms with Crippen LogP contribution >= 0.6 is 0 Å². The van der Waals surface area contributed by atoms with Gasteiger partial charge in [-0.1, -0.05) is 0 Å². The van der Waals surface area contributed by atoms with Crippen molar-refractivity contribution in [3.8, 4) is 0 Å². The van der Waals surface area contributed by atoms with Crippen LogP contribution in [-0.2, 0) is 33.3 Å². The normalized spacial score (nSPS) is 10.2. The molecule has 0 radical (unpaired) electrons. The summed E-state index contributed by atoms with van der Waals surface area (Å²) in [6.07, 6.45) is 0. The van der Waals surface area contributed by atoms with E-state index in [4.69, 9.17) is 0 Å². The van der Waals surface area contributed by atoms with Crippen molar-refractivity contribution in [1.29, 1.82) is 0 Å². The van der Waals surface area contributed by atoms with Gasteiger partial charge in [0.15, 0.2) is 11.5 Å². The van der Waals surface area contributed by atoms with E-state index >= 15 is 0 Å². The van der Waals surface area contributed by atoms with Crippen LogP contribution in [0.1, 0.15) is 27.7 Å². The van der Waals surface area contributed by atoms with Crippen LogP contribution in [0.3, 0.4) is 0 Å². The van der Waals surface area contributed by atoms with E-state index in [1.54, 1.807) is 0 Å². The summed E-state index contributed by atoms with van der Waals surface area (Å²) in [4.78, 5) is 73.2. The SMILES string of the molecule is CC(=O)N(C(C)=O)c1c(N(C(C)=O)C(C)=O)n(C)c(=O)n(C)c1=O. The predicted octanol–water partition coefficient (Wildman–Crippen LogP) is -1.12. The Balaban J connectivity index is 4.14. The first-order valence-corrected chi connectivity index (χ1v) is 6.86. The Hall–Kier alpha value is -3.04. The van der Waals surface area contributed by atoms with Gasteiger partial charge in [-0.2, -0.15) is 0 Å². The Labute approximate surface area is 136 Å². The lowest BCUT2D eigenvalue weighted by Crippen LogP contribution is -2.49. The third kappa shape index (κ3) is 3.03. The zero-order valence-electron chi connectivity index (χ0n) is 14.2. The van der Waals surface area contributed by atoms with Gasteiger partial charge in [-0.3, -0.25) is 33.1 Å². The second kappa shape index (κ2) is 6.60. The molecular formula is C14H18N4O6. The first kappa shape index (κ1) is 19.0. The van der Waals surface area contributed by atoms with Gasteiger partial charge in [0.25, 0.3) is 5.56 Å². The zero-order chi connectivity index (χ0) is 18.9. The van der Waals surface area contributed by atoms with E-state index in [0.717, 1.165) is 39.3 Å². The molecular weight excluding hydrogens is 320 g/mol. The number of hydrogen-bond donors (Lipinski definition) is 0. The van der Waals surface area contributed by atoms with Crippen LogP contribution in [0.25, 0.3) is 0 Å². The molecule has 1 aromatic rings. The number of rotatable bonds is 2. The molecule has 24 heavy (non-hydrogen) atoms. The maximum absolute atomic E-state index is 12.5. The summed E-state index contributed by atoms with van der Waals surface area (Å²) in [6, 6.07) is 0. The van der Waals surface area contributed by atoms with Crippen LogP contribution in [0, 0.1) is 0 Å². The average molecular weight is 338 g/mol. The average Bonchev–Trinajstić information content (AvgIpc) is 2.44. The molecule has 0 fully saturated rings. The summed E-state index contributed by atoms with van der Waals surface area (Å²) in [7, 11) is 2.38. The van der Waals surface area contributed by atoms with Gasteiger partial charge in [0, 0.05) is 41.8 Å². The second-order valence-corrected chi connectivity index (χ2v) is 5.12. The molecule has 0 aliphatic rings. The van der Waals surface area contributed by atoms with E-state index in [0.29, 0.717) is 14.4 Å². The van der Waals surface area contributed by atoms with E-state index < -0.39 is 46.4 Å². The van der Waals surface area contributed by atoms with Gasteiger partial charge in [-0.15, -0.1) is 0 Å². The van der Waals surface area contributed by atoms with Crippen molar-refractivity contribution < 1.29 is 19.2 Å². The molecule has 10 heteroatoms. The van der Waals surface area contributed by atoms with Crippen molar-refractivity contribution in [2.45, 2.75) is 27.7 Å². The Morgan fingerprint density at radius 1 is 0.708 bits per heavy atom. The number of imide groups is 2. The topological polar surface area (TPSA) is 119 Å². The molecule has 0 spiro atoms. The summed E-state index contributed by atoms with van der Waals surface area (Å²) in [5, 5.41) is 0. The van der Waals surface area contributed by atoms with Gasteiger partial charge in [-0.25, -0.2) is 14.6 Å². The number of carbonyl (C=O) groups is 4. The maximum atomic E-state index is 12.5. The molecule has 0 aromatic carbocycles. The minimum atomic E-state index is -0.981. The van der Waals surface area contributed by atoms with E-state index in [2.05, 4.69) is 0 Å². The Morgan fingerprint density at radius 2 is 1.08 bits per heavy atom. The summed E-state index contributed by atoms with van der Waals surface area (Å²) >= 11 is 0. The predicted molar refractivity (Wildman–Crippen MR) is 84.6 cm³/mol. The highest BCUT2D eigenvalue weighted by Crippen LogP contribution is 2.25. The lowest BCUT2D eigenvalue weighted by molar-refractivity contribution is -0.126. The third-order valence-corrected chi connectivity index (χ3v) is 3.31. The Kier molecular flexibility index (Phi) is 5.23. The van der Waals surface area contributed by atoms with Crippen LogP contribution in [0.5, 0.6) is 0 Å². The summed E-state index contributed by atoms with van der Waals surface area (Å²) < 4.78 is 1.54. The van der Waals surface area contributed by atoms with Crippen molar-refractivity contribution in [2.24, 2.45) is 14.1 Å². The molecule has 10 nitrogen and oxygen atoms in total. The third-order valence-electron chi connectivity index (χ3n) is 3.31. The maximum Gasteiger partial charge on any atom is 0.332 e. The summed E-state index contributed by atoms with van der Waals surface area (Å²) in [5.41, 5.74) is -2.34. The van der Waals surface area contributed by atoms with Crippen LogP contribution in [0.15, 0.2) is 9.59 Å². The number of hydrogen-bond acceptors (Lipinski definition) is 6. The fourth-order valence-electron chi connectivity index (χ4n) is 2.32. The van der Waals surface area contributed by atoms with E-state index in [9.17, 15) is 28.8 Å². The largest absolute Gasteiger partial charge is 0.332 e. The standard InChI is InChI=1S/C14H18N4O6/c1-7(19)17(8(2)20)11-12(18(9(3)21)10(4)22)15(5)14(24)16(6)13(11)23/h1-6H3. The van der Waals surface area contributed by atoms with Crippen LogP contribution < -0.4 is 21.0 Å². The molecule has 0 saturated carbocycles. The number of amides is 4. The molecule has 130 valence electrons.